The van der Waals surface area contributed by atoms with Gasteiger partial charge in [0.05, 0.1) is 12.2 Å². The molecule has 1 heterocycles. The molecular weight excluding hydrogens is 408 g/mol. The van der Waals surface area contributed by atoms with Gasteiger partial charge in [-0.05, 0) is 22.0 Å². The van der Waals surface area contributed by atoms with Crippen LogP contribution < -0.4 is 4.90 Å². The molecule has 1 amide bonds. The molecular formula is C11H9Br2F2NO4. The van der Waals surface area contributed by atoms with Crippen molar-refractivity contribution in [2.24, 2.45) is 0 Å². The summed E-state index contributed by atoms with van der Waals surface area (Å²) in [4.78, 5) is 12.4. The second kappa shape index (κ2) is 5.92. The van der Waals surface area contributed by atoms with Gasteiger partial charge in [0.1, 0.15) is 6.61 Å². The molecule has 0 aliphatic carbocycles. The van der Waals surface area contributed by atoms with Crippen LogP contribution in [0.25, 0.3) is 0 Å². The number of fused-ring (bicyclic) bond motifs is 1. The molecule has 0 radical (unpaired) electrons. The lowest BCUT2D eigenvalue weighted by atomic mass is 10.1. The number of nitrogens with zero attached hydrogens (tertiary/aromatic N) is 1. The van der Waals surface area contributed by atoms with Gasteiger partial charge in [-0.2, -0.15) is 0 Å². The molecule has 2 rings (SSSR count). The number of halogens is 4. The van der Waals surface area contributed by atoms with Crippen molar-refractivity contribution in [3.05, 3.63) is 26.1 Å². The van der Waals surface area contributed by atoms with E-state index in [-0.39, 0.29) is 22.3 Å². The first-order valence-corrected chi connectivity index (χ1v) is 7.00. The van der Waals surface area contributed by atoms with Crippen molar-refractivity contribution in [3.63, 3.8) is 0 Å². The van der Waals surface area contributed by atoms with Gasteiger partial charge in [-0.3, -0.25) is 4.90 Å². The fourth-order valence-corrected chi connectivity index (χ4v) is 3.52. The SMILES string of the molecule is O=C1OCc2c(cc(Br)c(C(O)O)c2Br)N1CC(F)F. The number of hydrogen-bond acceptors (Lipinski definition) is 4. The summed E-state index contributed by atoms with van der Waals surface area (Å²) in [7, 11) is 0. The van der Waals surface area contributed by atoms with E-state index < -0.39 is 25.4 Å². The Morgan fingerprint density at radius 2 is 2.05 bits per heavy atom. The number of ether oxygens (including phenoxy) is 1. The van der Waals surface area contributed by atoms with Crippen molar-refractivity contribution >= 4 is 43.6 Å². The lowest BCUT2D eigenvalue weighted by Crippen LogP contribution is -2.39. The number of aliphatic hydroxyl groups is 2. The van der Waals surface area contributed by atoms with E-state index >= 15 is 0 Å². The summed E-state index contributed by atoms with van der Waals surface area (Å²) in [5, 5.41) is 18.6. The van der Waals surface area contributed by atoms with Gasteiger partial charge in [0.2, 0.25) is 0 Å². The Balaban J connectivity index is 2.56. The van der Waals surface area contributed by atoms with Gasteiger partial charge < -0.3 is 14.9 Å². The maximum atomic E-state index is 12.5. The van der Waals surface area contributed by atoms with Crippen molar-refractivity contribution in [2.75, 3.05) is 11.4 Å². The molecule has 110 valence electrons. The number of amides is 1. The summed E-state index contributed by atoms with van der Waals surface area (Å²) < 4.78 is 30.5. The van der Waals surface area contributed by atoms with E-state index in [4.69, 9.17) is 4.74 Å². The third-order valence-electron chi connectivity index (χ3n) is 2.76. The lowest BCUT2D eigenvalue weighted by Gasteiger charge is -2.30. The van der Waals surface area contributed by atoms with Crippen LogP contribution in [0.3, 0.4) is 0 Å². The predicted molar refractivity (Wildman–Crippen MR) is 72.6 cm³/mol. The summed E-state index contributed by atoms with van der Waals surface area (Å²) in [6.07, 6.45) is -5.34. The maximum Gasteiger partial charge on any atom is 0.414 e. The summed E-state index contributed by atoms with van der Waals surface area (Å²) in [6.45, 7) is -0.937. The molecule has 5 nitrogen and oxygen atoms in total. The number of hydrogen-bond donors (Lipinski definition) is 2. The normalized spacial score (nSPS) is 14.8. The van der Waals surface area contributed by atoms with Gasteiger partial charge in [0.15, 0.2) is 6.29 Å². The number of carbonyl (C=O) groups excluding carboxylic acids is 1. The van der Waals surface area contributed by atoms with Crippen LogP contribution in [0.2, 0.25) is 0 Å². The van der Waals surface area contributed by atoms with Gasteiger partial charge >= 0.3 is 6.09 Å². The summed E-state index contributed by atoms with van der Waals surface area (Å²) in [6, 6.07) is 1.39. The molecule has 2 N–H and O–H groups in total. The lowest BCUT2D eigenvalue weighted by molar-refractivity contribution is -0.0437. The van der Waals surface area contributed by atoms with Crippen LogP contribution in [0, 0.1) is 0 Å². The maximum absolute atomic E-state index is 12.5. The van der Waals surface area contributed by atoms with Crippen molar-refractivity contribution in [1.82, 2.24) is 0 Å². The van der Waals surface area contributed by atoms with Crippen LogP contribution in [0.1, 0.15) is 17.4 Å². The molecule has 0 spiro atoms. The summed E-state index contributed by atoms with van der Waals surface area (Å²) in [5.41, 5.74) is 0.778. The second-order valence-corrected chi connectivity index (χ2v) is 5.66. The van der Waals surface area contributed by atoms with E-state index in [0.717, 1.165) is 4.90 Å². The molecule has 0 fully saturated rings. The van der Waals surface area contributed by atoms with Gasteiger partial charge in [-0.1, -0.05) is 15.9 Å². The number of alkyl halides is 2. The Bertz CT molecular complexity index is 554. The molecule has 1 aliphatic rings. The van der Waals surface area contributed by atoms with Gasteiger partial charge in [0, 0.05) is 20.1 Å². The highest BCUT2D eigenvalue weighted by Crippen LogP contribution is 2.41. The Kier molecular flexibility index (Phi) is 4.62. The highest BCUT2D eigenvalue weighted by atomic mass is 79.9. The van der Waals surface area contributed by atoms with E-state index in [1.807, 2.05) is 0 Å². The zero-order chi connectivity index (χ0) is 15.0. The topological polar surface area (TPSA) is 70.0 Å². The Morgan fingerprint density at radius 1 is 1.40 bits per heavy atom. The van der Waals surface area contributed by atoms with Crippen molar-refractivity contribution in [1.29, 1.82) is 0 Å². The monoisotopic (exact) mass is 415 g/mol. The zero-order valence-corrected chi connectivity index (χ0v) is 13.0. The van der Waals surface area contributed by atoms with Crippen molar-refractivity contribution in [2.45, 2.75) is 19.3 Å². The van der Waals surface area contributed by atoms with E-state index in [0.29, 0.717) is 10.0 Å². The molecule has 20 heavy (non-hydrogen) atoms. The van der Waals surface area contributed by atoms with Crippen LogP contribution in [-0.2, 0) is 11.3 Å². The smallest absolute Gasteiger partial charge is 0.414 e. The minimum absolute atomic E-state index is 0.137. The largest absolute Gasteiger partial charge is 0.444 e. The fraction of sp³-hybridized carbons (Fsp3) is 0.364. The number of aliphatic hydroxyl groups excluding tert-OH is 1. The van der Waals surface area contributed by atoms with E-state index in [2.05, 4.69) is 31.9 Å². The fourth-order valence-electron chi connectivity index (χ4n) is 1.90. The van der Waals surface area contributed by atoms with Crippen LogP contribution in [0.15, 0.2) is 15.0 Å². The molecule has 0 atom stereocenters. The predicted octanol–water partition coefficient (Wildman–Crippen LogP) is 2.92. The molecule has 0 unspecified atom stereocenters. The van der Waals surface area contributed by atoms with Crippen LogP contribution in [-0.4, -0.2) is 29.3 Å². The minimum atomic E-state index is -2.71. The van der Waals surface area contributed by atoms with E-state index in [1.165, 1.54) is 6.07 Å². The molecule has 9 heteroatoms. The standard InChI is InChI=1S/C11H9Br2F2NO4/c12-5-1-6-4(9(13)8(5)10(17)18)3-20-11(19)16(6)2-7(14)15/h1,7,10,17-18H,2-3H2. The molecule has 0 saturated heterocycles. The van der Waals surface area contributed by atoms with E-state index in [9.17, 15) is 23.8 Å². The molecule has 0 saturated carbocycles. The number of benzene rings is 1. The average Bonchev–Trinajstić information content (AvgIpc) is 2.32. The zero-order valence-electron chi connectivity index (χ0n) is 9.82. The van der Waals surface area contributed by atoms with Crippen molar-refractivity contribution in [3.8, 4) is 0 Å². The summed E-state index contributed by atoms with van der Waals surface area (Å²) >= 11 is 6.30. The average molecular weight is 417 g/mol. The third kappa shape index (κ3) is 2.80. The molecule has 1 aromatic carbocycles. The Hall–Kier alpha value is -0.770. The summed E-state index contributed by atoms with van der Waals surface area (Å²) in [5.74, 6) is 0. The van der Waals surface area contributed by atoms with Crippen LogP contribution in [0.5, 0.6) is 0 Å². The van der Waals surface area contributed by atoms with Crippen LogP contribution in [0.4, 0.5) is 19.3 Å². The van der Waals surface area contributed by atoms with Crippen LogP contribution >= 0.6 is 31.9 Å². The molecule has 0 aromatic heterocycles. The Labute approximate surface area is 129 Å². The van der Waals surface area contributed by atoms with Gasteiger partial charge in [-0.15, -0.1) is 0 Å². The number of anilines is 1. The molecule has 1 aromatic rings. The van der Waals surface area contributed by atoms with Gasteiger partial charge in [-0.25, -0.2) is 13.6 Å². The number of rotatable bonds is 3. The van der Waals surface area contributed by atoms with E-state index in [1.54, 1.807) is 0 Å². The number of carbonyl (C=O) groups is 1. The quantitative estimate of drug-likeness (QED) is 0.743. The first kappa shape index (κ1) is 15.6. The highest BCUT2D eigenvalue weighted by Gasteiger charge is 2.32. The Morgan fingerprint density at radius 3 is 2.60 bits per heavy atom. The minimum Gasteiger partial charge on any atom is -0.444 e. The molecule has 0 bridgehead atoms. The number of cyclic esters (lactones) is 1. The van der Waals surface area contributed by atoms with Crippen molar-refractivity contribution < 1.29 is 28.5 Å². The molecule has 1 aliphatic heterocycles. The first-order valence-electron chi connectivity index (χ1n) is 5.42. The second-order valence-electron chi connectivity index (χ2n) is 4.01. The highest BCUT2D eigenvalue weighted by molar-refractivity contribution is 9.11. The first-order chi connectivity index (χ1) is 9.32. The third-order valence-corrected chi connectivity index (χ3v) is 4.32. The van der Waals surface area contributed by atoms with Gasteiger partial charge in [0.25, 0.3) is 6.43 Å².